The van der Waals surface area contributed by atoms with Gasteiger partial charge in [0.15, 0.2) is 0 Å². The molecule has 0 amide bonds. The summed E-state index contributed by atoms with van der Waals surface area (Å²) >= 11 is 0. The zero-order chi connectivity index (χ0) is 18.1. The first-order valence-electron chi connectivity index (χ1n) is 9.38. The Morgan fingerprint density at radius 1 is 0.750 bits per heavy atom. The lowest BCUT2D eigenvalue weighted by Crippen LogP contribution is -2.12. The number of benzene rings is 1. The second kappa shape index (κ2) is 10.4. The monoisotopic (exact) mass is 361 g/mol. The van der Waals surface area contributed by atoms with Crippen LogP contribution < -0.4 is 0 Å². The molecule has 0 aromatic heterocycles. The van der Waals surface area contributed by atoms with E-state index in [0.29, 0.717) is 0 Å². The zero-order valence-corrected chi connectivity index (χ0v) is 16.4. The van der Waals surface area contributed by atoms with E-state index in [1.165, 1.54) is 69.1 Å². The lowest BCUT2D eigenvalue weighted by Gasteiger charge is -2.28. The van der Waals surface area contributed by atoms with Crippen LogP contribution in [0.4, 0.5) is 13.2 Å². The molecule has 4 heteroatoms. The van der Waals surface area contributed by atoms with E-state index in [0.717, 1.165) is 11.7 Å². The van der Waals surface area contributed by atoms with Gasteiger partial charge in [0.25, 0.3) is 0 Å². The molecule has 0 spiro atoms. The molecule has 0 saturated carbocycles. The molecule has 0 fully saturated rings. The van der Waals surface area contributed by atoms with Gasteiger partial charge in [0.1, 0.15) is 0 Å². The smallest absolute Gasteiger partial charge is 0.166 e. The maximum absolute atomic E-state index is 12.8. The van der Waals surface area contributed by atoms with Gasteiger partial charge in [-0.1, -0.05) is 52.2 Å². The average molecular weight is 361 g/mol. The summed E-state index contributed by atoms with van der Waals surface area (Å²) in [7, 11) is -1.10. The highest BCUT2D eigenvalue weighted by Gasteiger charge is 2.36. The predicted molar refractivity (Wildman–Crippen MR) is 101 cm³/mol. The molecule has 0 bridgehead atoms. The van der Waals surface area contributed by atoms with Gasteiger partial charge in [-0.3, -0.25) is 0 Å². The Bertz CT molecular complexity index is 429. The molecule has 138 valence electrons. The van der Waals surface area contributed by atoms with Crippen LogP contribution in [0.15, 0.2) is 24.3 Å². The van der Waals surface area contributed by atoms with Gasteiger partial charge >= 0.3 is 6.18 Å². The molecule has 0 saturated heterocycles. The van der Waals surface area contributed by atoms with Crippen molar-refractivity contribution in [2.24, 2.45) is 0 Å². The van der Waals surface area contributed by atoms with E-state index in [2.05, 4.69) is 20.8 Å². The first-order valence-corrected chi connectivity index (χ1v) is 11.9. The summed E-state index contributed by atoms with van der Waals surface area (Å²) in [6, 6.07) is 5.93. The molecule has 0 unspecified atom stereocenters. The Kier molecular flexibility index (Phi) is 9.34. The minimum absolute atomic E-state index is 0.536. The molecule has 0 heterocycles. The molecule has 0 aliphatic rings. The highest BCUT2D eigenvalue weighted by atomic mass is 31.2. The SMILES string of the molecule is CCCC[P+](CCCC)(CCCC)Cc1ccc(C(F)(F)F)cc1. The van der Waals surface area contributed by atoms with Gasteiger partial charge in [0, 0.05) is 7.26 Å². The molecule has 24 heavy (non-hydrogen) atoms. The van der Waals surface area contributed by atoms with Crippen molar-refractivity contribution in [2.45, 2.75) is 71.6 Å². The summed E-state index contributed by atoms with van der Waals surface area (Å²) < 4.78 is 38.3. The van der Waals surface area contributed by atoms with Crippen LogP contribution in [0, 0.1) is 0 Å². The van der Waals surface area contributed by atoms with Gasteiger partial charge < -0.3 is 0 Å². The number of hydrogen-bond donors (Lipinski definition) is 0. The van der Waals surface area contributed by atoms with Gasteiger partial charge in [-0.25, -0.2) is 0 Å². The molecule has 0 N–H and O–H groups in total. The Morgan fingerprint density at radius 2 is 1.17 bits per heavy atom. The standard InChI is InChI=1S/C20H33F3P/c1-4-7-14-24(15-8-5-2,16-9-6-3)17-18-10-12-19(13-11-18)20(21,22)23/h10-13H,4-9,14-17H2,1-3H3/q+1. The van der Waals surface area contributed by atoms with Crippen molar-refractivity contribution in [3.63, 3.8) is 0 Å². The molecular formula is C20H33F3P+. The molecule has 0 nitrogen and oxygen atoms in total. The first-order chi connectivity index (χ1) is 11.4. The van der Waals surface area contributed by atoms with Crippen LogP contribution in [-0.2, 0) is 12.3 Å². The Morgan fingerprint density at radius 3 is 1.50 bits per heavy atom. The molecule has 1 aromatic rings. The number of rotatable bonds is 11. The number of hydrogen-bond acceptors (Lipinski definition) is 0. The third kappa shape index (κ3) is 7.13. The van der Waals surface area contributed by atoms with E-state index in [1.54, 1.807) is 12.1 Å². The van der Waals surface area contributed by atoms with Crippen LogP contribution >= 0.6 is 7.26 Å². The maximum atomic E-state index is 12.8. The Hall–Kier alpha value is -0.560. The zero-order valence-electron chi connectivity index (χ0n) is 15.5. The van der Waals surface area contributed by atoms with Crippen molar-refractivity contribution >= 4 is 7.26 Å². The van der Waals surface area contributed by atoms with Crippen molar-refractivity contribution in [1.29, 1.82) is 0 Å². The van der Waals surface area contributed by atoms with Crippen molar-refractivity contribution in [2.75, 3.05) is 18.5 Å². The summed E-state index contributed by atoms with van der Waals surface area (Å²) in [4.78, 5) is 0. The lowest BCUT2D eigenvalue weighted by molar-refractivity contribution is -0.137. The topological polar surface area (TPSA) is 0 Å². The number of unbranched alkanes of at least 4 members (excludes halogenated alkanes) is 3. The van der Waals surface area contributed by atoms with Crippen LogP contribution in [0.2, 0.25) is 0 Å². The van der Waals surface area contributed by atoms with Gasteiger partial charge in [-0.05, 0) is 37.0 Å². The normalized spacial score (nSPS) is 12.6. The third-order valence-corrected chi connectivity index (χ3v) is 9.59. The molecular weight excluding hydrogens is 328 g/mol. The molecule has 1 aromatic carbocycles. The summed E-state index contributed by atoms with van der Waals surface area (Å²) in [5.74, 6) is 0. The van der Waals surface area contributed by atoms with Crippen molar-refractivity contribution in [3.8, 4) is 0 Å². The minimum atomic E-state index is -4.24. The van der Waals surface area contributed by atoms with Gasteiger partial charge in [-0.15, -0.1) is 0 Å². The molecule has 0 aliphatic heterocycles. The van der Waals surface area contributed by atoms with E-state index in [-0.39, 0.29) is 0 Å². The van der Waals surface area contributed by atoms with Crippen molar-refractivity contribution in [1.82, 2.24) is 0 Å². The highest BCUT2D eigenvalue weighted by molar-refractivity contribution is 7.75. The molecule has 0 radical (unpaired) electrons. The third-order valence-electron chi connectivity index (χ3n) is 4.76. The lowest BCUT2D eigenvalue weighted by atomic mass is 10.1. The Labute approximate surface area is 146 Å². The van der Waals surface area contributed by atoms with E-state index in [1.807, 2.05) is 0 Å². The van der Waals surface area contributed by atoms with Crippen LogP contribution in [0.5, 0.6) is 0 Å². The van der Waals surface area contributed by atoms with Crippen molar-refractivity contribution in [3.05, 3.63) is 35.4 Å². The van der Waals surface area contributed by atoms with E-state index in [9.17, 15) is 13.2 Å². The average Bonchev–Trinajstić information content (AvgIpc) is 2.56. The summed E-state index contributed by atoms with van der Waals surface area (Å²) in [5, 5.41) is 0. The predicted octanol–water partition coefficient (Wildman–Crippen LogP) is 7.62. The van der Waals surface area contributed by atoms with Crippen LogP contribution in [0.25, 0.3) is 0 Å². The molecule has 0 atom stereocenters. The van der Waals surface area contributed by atoms with Crippen LogP contribution in [0.1, 0.15) is 70.4 Å². The summed E-state index contributed by atoms with van der Waals surface area (Å²) in [5.41, 5.74) is 0.561. The second-order valence-corrected chi connectivity index (χ2v) is 11.3. The summed E-state index contributed by atoms with van der Waals surface area (Å²) in [6.07, 6.45) is 8.03. The van der Waals surface area contributed by atoms with Crippen LogP contribution in [0.3, 0.4) is 0 Å². The van der Waals surface area contributed by atoms with E-state index < -0.39 is 19.0 Å². The first kappa shape index (κ1) is 21.5. The quantitative estimate of drug-likeness (QED) is 0.356. The maximum Gasteiger partial charge on any atom is 0.416 e. The van der Waals surface area contributed by atoms with Crippen LogP contribution in [-0.4, -0.2) is 18.5 Å². The van der Waals surface area contributed by atoms with Gasteiger partial charge in [0.2, 0.25) is 0 Å². The fourth-order valence-corrected chi connectivity index (χ4v) is 8.33. The second-order valence-electron chi connectivity index (χ2n) is 6.93. The van der Waals surface area contributed by atoms with Gasteiger partial charge in [0.05, 0.1) is 30.2 Å². The number of halogens is 3. The minimum Gasteiger partial charge on any atom is -0.166 e. The molecule has 1 rings (SSSR count). The molecule has 0 aliphatic carbocycles. The Balaban J connectivity index is 2.95. The fourth-order valence-electron chi connectivity index (χ4n) is 3.24. The summed E-state index contributed by atoms with van der Waals surface area (Å²) in [6.45, 7) is 6.69. The van der Waals surface area contributed by atoms with Crippen molar-refractivity contribution < 1.29 is 13.2 Å². The van der Waals surface area contributed by atoms with E-state index in [4.69, 9.17) is 0 Å². The fraction of sp³-hybridized carbons (Fsp3) is 0.700. The van der Waals surface area contributed by atoms with Gasteiger partial charge in [-0.2, -0.15) is 13.2 Å². The largest absolute Gasteiger partial charge is 0.416 e. The highest BCUT2D eigenvalue weighted by Crippen LogP contribution is 2.63. The number of alkyl halides is 3. The van der Waals surface area contributed by atoms with E-state index >= 15 is 0 Å².